The molecular formula is C19H13Cl2IO3. The van der Waals surface area contributed by atoms with Crippen LogP contribution in [0.5, 0.6) is 11.5 Å². The Morgan fingerprint density at radius 1 is 1.04 bits per heavy atom. The maximum absolute atomic E-state index is 12.4. The fourth-order valence-electron chi connectivity index (χ4n) is 2.29. The number of hydrogen-bond donors (Lipinski definition) is 0. The van der Waals surface area contributed by atoms with Crippen molar-refractivity contribution >= 4 is 62.5 Å². The Morgan fingerprint density at radius 3 is 2.52 bits per heavy atom. The summed E-state index contributed by atoms with van der Waals surface area (Å²) in [6, 6.07) is 16.4. The second-order valence-electron chi connectivity index (χ2n) is 5.35. The molecule has 0 bridgehead atoms. The molecule has 0 saturated heterocycles. The van der Waals surface area contributed by atoms with Gasteiger partial charge < -0.3 is 9.47 Å². The standard InChI is InChI=1S/C19H13Cl2IO3/c1-11(24-16-9-7-13(20)10-15(16)21)19(23)25-17-8-6-12-4-2-3-5-14(12)18(17)22/h2-11H,1H3/t11-/m1/s1. The van der Waals surface area contributed by atoms with Gasteiger partial charge in [0.1, 0.15) is 11.5 Å². The van der Waals surface area contributed by atoms with Gasteiger partial charge in [0.2, 0.25) is 0 Å². The van der Waals surface area contributed by atoms with Gasteiger partial charge in [-0.2, -0.15) is 0 Å². The summed E-state index contributed by atoms with van der Waals surface area (Å²) in [5.74, 6) is 0.380. The van der Waals surface area contributed by atoms with Crippen molar-refractivity contribution in [3.63, 3.8) is 0 Å². The molecule has 0 aliphatic carbocycles. The number of ether oxygens (including phenoxy) is 2. The van der Waals surface area contributed by atoms with Gasteiger partial charge in [0.15, 0.2) is 6.10 Å². The molecule has 0 aliphatic heterocycles. The van der Waals surface area contributed by atoms with Gasteiger partial charge in [0.05, 0.1) is 8.59 Å². The highest BCUT2D eigenvalue weighted by Gasteiger charge is 2.20. The van der Waals surface area contributed by atoms with Gasteiger partial charge in [-0.15, -0.1) is 0 Å². The first-order valence-corrected chi connectivity index (χ1v) is 9.30. The van der Waals surface area contributed by atoms with E-state index in [0.29, 0.717) is 21.5 Å². The van der Waals surface area contributed by atoms with Crippen molar-refractivity contribution in [1.82, 2.24) is 0 Å². The average molecular weight is 487 g/mol. The van der Waals surface area contributed by atoms with Crippen molar-refractivity contribution in [3.05, 3.63) is 68.2 Å². The van der Waals surface area contributed by atoms with Crippen LogP contribution in [0.2, 0.25) is 10.0 Å². The van der Waals surface area contributed by atoms with E-state index in [1.807, 2.05) is 30.3 Å². The van der Waals surface area contributed by atoms with E-state index in [9.17, 15) is 4.79 Å². The molecule has 0 aliphatic rings. The van der Waals surface area contributed by atoms with E-state index in [2.05, 4.69) is 22.6 Å². The Balaban J connectivity index is 1.76. The van der Waals surface area contributed by atoms with E-state index in [-0.39, 0.29) is 0 Å². The van der Waals surface area contributed by atoms with Gasteiger partial charge in [0, 0.05) is 5.02 Å². The van der Waals surface area contributed by atoms with E-state index >= 15 is 0 Å². The van der Waals surface area contributed by atoms with Crippen molar-refractivity contribution in [2.45, 2.75) is 13.0 Å². The first kappa shape index (κ1) is 18.3. The summed E-state index contributed by atoms with van der Waals surface area (Å²) in [7, 11) is 0. The lowest BCUT2D eigenvalue weighted by molar-refractivity contribution is -0.141. The highest BCUT2D eigenvalue weighted by atomic mass is 127. The largest absolute Gasteiger partial charge is 0.477 e. The molecule has 0 heterocycles. The monoisotopic (exact) mass is 486 g/mol. The molecule has 0 fully saturated rings. The number of fused-ring (bicyclic) bond motifs is 1. The van der Waals surface area contributed by atoms with Gasteiger partial charge in [0.25, 0.3) is 0 Å². The van der Waals surface area contributed by atoms with E-state index in [4.69, 9.17) is 32.7 Å². The molecule has 3 aromatic carbocycles. The maximum atomic E-state index is 12.4. The minimum Gasteiger partial charge on any atom is -0.477 e. The van der Waals surface area contributed by atoms with Gasteiger partial charge >= 0.3 is 5.97 Å². The SMILES string of the molecule is C[C@@H](Oc1ccc(Cl)cc1Cl)C(=O)Oc1ccc2ccccc2c1I. The fraction of sp³-hybridized carbons (Fsp3) is 0.105. The number of halogens is 3. The summed E-state index contributed by atoms with van der Waals surface area (Å²) < 4.78 is 12.0. The molecule has 0 aromatic heterocycles. The summed E-state index contributed by atoms with van der Waals surface area (Å²) >= 11 is 14.1. The zero-order chi connectivity index (χ0) is 18.0. The summed E-state index contributed by atoms with van der Waals surface area (Å²) in [5.41, 5.74) is 0. The number of carbonyl (C=O) groups is 1. The minimum atomic E-state index is -0.819. The molecule has 0 saturated carbocycles. The smallest absolute Gasteiger partial charge is 0.352 e. The van der Waals surface area contributed by atoms with Crippen molar-refractivity contribution in [1.29, 1.82) is 0 Å². The Kier molecular flexibility index (Phi) is 5.71. The second-order valence-corrected chi connectivity index (χ2v) is 7.28. The lowest BCUT2D eigenvalue weighted by atomic mass is 10.1. The van der Waals surface area contributed by atoms with Crippen molar-refractivity contribution in [3.8, 4) is 11.5 Å². The molecule has 3 rings (SSSR count). The second kappa shape index (κ2) is 7.81. The summed E-state index contributed by atoms with van der Waals surface area (Å²) in [6.45, 7) is 1.61. The van der Waals surface area contributed by atoms with Crippen LogP contribution in [0.15, 0.2) is 54.6 Å². The highest BCUT2D eigenvalue weighted by Crippen LogP contribution is 2.31. The average Bonchev–Trinajstić information content (AvgIpc) is 2.60. The first-order valence-electron chi connectivity index (χ1n) is 7.46. The molecule has 128 valence electrons. The lowest BCUT2D eigenvalue weighted by Crippen LogP contribution is -2.28. The third-order valence-corrected chi connectivity index (χ3v) is 5.21. The van der Waals surface area contributed by atoms with Crippen LogP contribution in [0.25, 0.3) is 10.8 Å². The maximum Gasteiger partial charge on any atom is 0.352 e. The molecule has 0 unspecified atom stereocenters. The predicted octanol–water partition coefficient (Wildman–Crippen LogP) is 6.12. The molecule has 3 nitrogen and oxygen atoms in total. The van der Waals surface area contributed by atoms with Crippen LogP contribution in [-0.2, 0) is 4.79 Å². The van der Waals surface area contributed by atoms with Crippen LogP contribution < -0.4 is 9.47 Å². The Labute approximate surface area is 169 Å². The number of benzene rings is 3. The zero-order valence-corrected chi connectivity index (χ0v) is 16.8. The number of hydrogen-bond acceptors (Lipinski definition) is 3. The number of carbonyl (C=O) groups excluding carboxylic acids is 1. The third-order valence-electron chi connectivity index (χ3n) is 3.57. The molecule has 3 aromatic rings. The zero-order valence-electron chi connectivity index (χ0n) is 13.1. The quantitative estimate of drug-likeness (QED) is 0.253. The highest BCUT2D eigenvalue weighted by molar-refractivity contribution is 14.1. The molecule has 6 heteroatoms. The van der Waals surface area contributed by atoms with Gasteiger partial charge in [-0.3, -0.25) is 0 Å². The molecule has 0 amide bonds. The van der Waals surface area contributed by atoms with E-state index in [0.717, 1.165) is 14.3 Å². The molecule has 0 spiro atoms. The molecule has 0 N–H and O–H groups in total. The van der Waals surface area contributed by atoms with Gasteiger partial charge in [-0.25, -0.2) is 4.79 Å². The normalized spacial score (nSPS) is 12.0. The fourth-order valence-corrected chi connectivity index (χ4v) is 3.53. The lowest BCUT2D eigenvalue weighted by Gasteiger charge is -2.16. The van der Waals surface area contributed by atoms with Gasteiger partial charge in [-0.1, -0.05) is 53.5 Å². The summed E-state index contributed by atoms with van der Waals surface area (Å²) in [5, 5.41) is 2.96. The minimum absolute atomic E-state index is 0.340. The van der Waals surface area contributed by atoms with Crippen LogP contribution in [0.4, 0.5) is 0 Å². The topological polar surface area (TPSA) is 35.5 Å². The Morgan fingerprint density at radius 2 is 1.76 bits per heavy atom. The van der Waals surface area contributed by atoms with Crippen LogP contribution in [-0.4, -0.2) is 12.1 Å². The molecule has 25 heavy (non-hydrogen) atoms. The van der Waals surface area contributed by atoms with E-state index in [1.165, 1.54) is 0 Å². The van der Waals surface area contributed by atoms with Crippen LogP contribution >= 0.6 is 45.8 Å². The van der Waals surface area contributed by atoms with E-state index in [1.54, 1.807) is 31.2 Å². The Bertz CT molecular complexity index is 943. The molecule has 1 atom stereocenters. The number of esters is 1. The summed E-state index contributed by atoms with van der Waals surface area (Å²) in [4.78, 5) is 12.4. The predicted molar refractivity (Wildman–Crippen MR) is 109 cm³/mol. The Hall–Kier alpha value is -1.50. The third kappa shape index (κ3) is 4.19. The first-order chi connectivity index (χ1) is 12.0. The van der Waals surface area contributed by atoms with E-state index < -0.39 is 12.1 Å². The van der Waals surface area contributed by atoms with Crippen LogP contribution in [0, 0.1) is 3.57 Å². The molecular weight excluding hydrogens is 474 g/mol. The summed E-state index contributed by atoms with van der Waals surface area (Å²) in [6.07, 6.45) is -0.819. The van der Waals surface area contributed by atoms with Crippen molar-refractivity contribution < 1.29 is 14.3 Å². The number of rotatable bonds is 4. The van der Waals surface area contributed by atoms with Gasteiger partial charge in [-0.05, 0) is 64.6 Å². The van der Waals surface area contributed by atoms with Crippen LogP contribution in [0.3, 0.4) is 0 Å². The van der Waals surface area contributed by atoms with Crippen LogP contribution in [0.1, 0.15) is 6.92 Å². The molecule has 0 radical (unpaired) electrons. The van der Waals surface area contributed by atoms with Crippen molar-refractivity contribution in [2.24, 2.45) is 0 Å². The van der Waals surface area contributed by atoms with Crippen molar-refractivity contribution in [2.75, 3.05) is 0 Å².